The third-order valence-electron chi connectivity index (χ3n) is 5.10. The highest BCUT2D eigenvalue weighted by atomic mass is 19.1. The Labute approximate surface area is 184 Å². The van der Waals surface area contributed by atoms with Crippen LogP contribution in [0.25, 0.3) is 0 Å². The van der Waals surface area contributed by atoms with Gasteiger partial charge in [0.1, 0.15) is 17.2 Å². The van der Waals surface area contributed by atoms with Gasteiger partial charge in [-0.15, -0.1) is 0 Å². The number of likely N-dealkylation sites (tertiary alicyclic amines) is 1. The standard InChI is InChI=1S/C22H25F2N5O3/c1-13(2)12-17(30)29-10-6-14(7-11-29)27-22(32)19-20(26-9-8-25-19)28-21(31)18-15(23)4-3-5-16(18)24/h3-5,8-9,13-14H,6-7,10-12H2,1-2H3,(H,27,32)(H,26,28,31). The molecule has 0 radical (unpaired) electrons. The molecule has 1 saturated heterocycles. The summed E-state index contributed by atoms with van der Waals surface area (Å²) in [5, 5.41) is 5.09. The van der Waals surface area contributed by atoms with Crippen LogP contribution in [0.2, 0.25) is 0 Å². The van der Waals surface area contributed by atoms with Gasteiger partial charge in [0.15, 0.2) is 11.5 Å². The Bertz CT molecular complexity index is 987. The summed E-state index contributed by atoms with van der Waals surface area (Å²) in [6.45, 7) is 5.05. The Morgan fingerprint density at radius 2 is 1.69 bits per heavy atom. The number of carbonyl (C=O) groups is 3. The molecule has 1 fully saturated rings. The van der Waals surface area contributed by atoms with E-state index in [2.05, 4.69) is 20.6 Å². The maximum atomic E-state index is 13.9. The van der Waals surface area contributed by atoms with Gasteiger partial charge in [0.05, 0.1) is 0 Å². The highest BCUT2D eigenvalue weighted by molar-refractivity contribution is 6.07. The summed E-state index contributed by atoms with van der Waals surface area (Å²) in [7, 11) is 0. The molecule has 1 aromatic heterocycles. The van der Waals surface area contributed by atoms with Crippen LogP contribution in [0.1, 0.15) is 54.0 Å². The van der Waals surface area contributed by atoms with E-state index < -0.39 is 29.0 Å². The van der Waals surface area contributed by atoms with E-state index in [-0.39, 0.29) is 29.4 Å². The first kappa shape index (κ1) is 23.2. The molecule has 32 heavy (non-hydrogen) atoms. The van der Waals surface area contributed by atoms with Crippen molar-refractivity contribution >= 4 is 23.5 Å². The number of anilines is 1. The fourth-order valence-electron chi connectivity index (χ4n) is 3.49. The molecule has 0 spiro atoms. The Morgan fingerprint density at radius 3 is 2.31 bits per heavy atom. The second-order valence-electron chi connectivity index (χ2n) is 8.03. The Kier molecular flexibility index (Phi) is 7.45. The first-order chi connectivity index (χ1) is 15.3. The molecule has 1 aliphatic rings. The average Bonchev–Trinajstić information content (AvgIpc) is 2.74. The molecule has 2 aromatic rings. The van der Waals surface area contributed by atoms with E-state index in [0.29, 0.717) is 32.4 Å². The number of hydrogen-bond acceptors (Lipinski definition) is 5. The van der Waals surface area contributed by atoms with Gasteiger partial charge in [-0.2, -0.15) is 0 Å². The molecule has 0 saturated carbocycles. The molecular formula is C22H25F2N5O3. The van der Waals surface area contributed by atoms with Gasteiger partial charge in [-0.1, -0.05) is 19.9 Å². The van der Waals surface area contributed by atoms with Gasteiger partial charge in [0, 0.05) is 37.9 Å². The fraction of sp³-hybridized carbons (Fsp3) is 0.409. The predicted molar refractivity (Wildman–Crippen MR) is 113 cm³/mol. The number of amides is 3. The molecule has 3 amide bonds. The molecule has 1 aromatic carbocycles. The first-order valence-corrected chi connectivity index (χ1v) is 10.4. The van der Waals surface area contributed by atoms with E-state index in [0.717, 1.165) is 18.2 Å². The molecule has 0 unspecified atom stereocenters. The second-order valence-corrected chi connectivity index (χ2v) is 8.03. The zero-order chi connectivity index (χ0) is 23.3. The molecule has 10 heteroatoms. The van der Waals surface area contributed by atoms with Crippen LogP contribution < -0.4 is 10.6 Å². The lowest BCUT2D eigenvalue weighted by atomic mass is 10.0. The van der Waals surface area contributed by atoms with Gasteiger partial charge in [-0.25, -0.2) is 18.7 Å². The lowest BCUT2D eigenvalue weighted by Crippen LogP contribution is -2.47. The van der Waals surface area contributed by atoms with Gasteiger partial charge < -0.3 is 15.5 Å². The number of benzene rings is 1. The lowest BCUT2D eigenvalue weighted by molar-refractivity contribution is -0.133. The summed E-state index contributed by atoms with van der Waals surface area (Å²) in [5.74, 6) is -3.54. The quantitative estimate of drug-likeness (QED) is 0.712. The Balaban J connectivity index is 1.64. The van der Waals surface area contributed by atoms with Gasteiger partial charge in [0.2, 0.25) is 5.91 Å². The van der Waals surface area contributed by atoms with Crippen molar-refractivity contribution in [3.05, 3.63) is 53.5 Å². The summed E-state index contributed by atoms with van der Waals surface area (Å²) in [6, 6.07) is 2.88. The van der Waals surface area contributed by atoms with E-state index >= 15 is 0 Å². The monoisotopic (exact) mass is 445 g/mol. The number of nitrogens with zero attached hydrogens (tertiary/aromatic N) is 3. The highest BCUT2D eigenvalue weighted by Crippen LogP contribution is 2.18. The van der Waals surface area contributed by atoms with Crippen molar-refractivity contribution in [3.8, 4) is 0 Å². The Morgan fingerprint density at radius 1 is 1.06 bits per heavy atom. The van der Waals surface area contributed by atoms with E-state index in [1.807, 2.05) is 13.8 Å². The SMILES string of the molecule is CC(C)CC(=O)N1CCC(NC(=O)c2nccnc2NC(=O)c2c(F)cccc2F)CC1. The van der Waals surface area contributed by atoms with Gasteiger partial charge in [-0.3, -0.25) is 14.4 Å². The predicted octanol–water partition coefficient (Wildman–Crippen LogP) is 2.77. The van der Waals surface area contributed by atoms with E-state index in [4.69, 9.17) is 0 Å². The summed E-state index contributed by atoms with van der Waals surface area (Å²) >= 11 is 0. The van der Waals surface area contributed by atoms with E-state index in [1.54, 1.807) is 4.90 Å². The highest BCUT2D eigenvalue weighted by Gasteiger charge is 2.26. The van der Waals surface area contributed by atoms with Crippen molar-refractivity contribution in [2.75, 3.05) is 18.4 Å². The van der Waals surface area contributed by atoms with Crippen LogP contribution >= 0.6 is 0 Å². The maximum Gasteiger partial charge on any atom is 0.273 e. The number of rotatable bonds is 6. The lowest BCUT2D eigenvalue weighted by Gasteiger charge is -2.32. The van der Waals surface area contributed by atoms with Crippen molar-refractivity contribution in [1.82, 2.24) is 20.2 Å². The Hall–Kier alpha value is -3.43. The van der Waals surface area contributed by atoms with Gasteiger partial charge in [0.25, 0.3) is 11.8 Å². The first-order valence-electron chi connectivity index (χ1n) is 10.4. The number of carbonyl (C=O) groups excluding carboxylic acids is 3. The van der Waals surface area contributed by atoms with Crippen molar-refractivity contribution in [2.24, 2.45) is 5.92 Å². The summed E-state index contributed by atoms with van der Waals surface area (Å²) in [6.07, 6.45) is 4.18. The van der Waals surface area contributed by atoms with Crippen LogP contribution in [-0.4, -0.2) is 51.7 Å². The molecule has 170 valence electrons. The van der Waals surface area contributed by atoms with Crippen LogP contribution in [0.4, 0.5) is 14.6 Å². The zero-order valence-electron chi connectivity index (χ0n) is 17.9. The van der Waals surface area contributed by atoms with Crippen LogP contribution in [0.3, 0.4) is 0 Å². The number of halogens is 2. The maximum absolute atomic E-state index is 13.9. The number of hydrogen-bond donors (Lipinski definition) is 2. The molecule has 3 rings (SSSR count). The van der Waals surface area contributed by atoms with Gasteiger partial charge in [-0.05, 0) is 30.9 Å². The van der Waals surface area contributed by atoms with Crippen LogP contribution in [0, 0.1) is 17.6 Å². The second kappa shape index (κ2) is 10.3. The molecule has 8 nitrogen and oxygen atoms in total. The van der Waals surface area contributed by atoms with Crippen molar-refractivity contribution < 1.29 is 23.2 Å². The number of piperidine rings is 1. The van der Waals surface area contributed by atoms with E-state index in [9.17, 15) is 23.2 Å². The van der Waals surface area contributed by atoms with Crippen LogP contribution in [-0.2, 0) is 4.79 Å². The molecule has 2 heterocycles. The molecule has 0 bridgehead atoms. The minimum atomic E-state index is -1.08. The van der Waals surface area contributed by atoms with Crippen LogP contribution in [0.5, 0.6) is 0 Å². The summed E-state index contributed by atoms with van der Waals surface area (Å²) < 4.78 is 27.8. The van der Waals surface area contributed by atoms with Crippen LogP contribution in [0.15, 0.2) is 30.6 Å². The number of aromatic nitrogens is 2. The minimum Gasteiger partial charge on any atom is -0.348 e. The van der Waals surface area contributed by atoms with E-state index in [1.165, 1.54) is 12.4 Å². The zero-order valence-corrected chi connectivity index (χ0v) is 17.9. The normalized spacial score (nSPS) is 14.3. The third kappa shape index (κ3) is 5.63. The largest absolute Gasteiger partial charge is 0.348 e. The van der Waals surface area contributed by atoms with Crippen molar-refractivity contribution in [1.29, 1.82) is 0 Å². The summed E-state index contributed by atoms with van der Waals surface area (Å²) in [5.41, 5.74) is -0.946. The van der Waals surface area contributed by atoms with Crippen molar-refractivity contribution in [3.63, 3.8) is 0 Å². The number of nitrogens with one attached hydrogen (secondary N) is 2. The molecule has 0 atom stereocenters. The fourth-order valence-corrected chi connectivity index (χ4v) is 3.49. The summed E-state index contributed by atoms with van der Waals surface area (Å²) in [4.78, 5) is 47.0. The average molecular weight is 445 g/mol. The molecule has 0 aliphatic carbocycles. The smallest absolute Gasteiger partial charge is 0.273 e. The van der Waals surface area contributed by atoms with Gasteiger partial charge >= 0.3 is 0 Å². The molecule has 1 aliphatic heterocycles. The molecule has 2 N–H and O–H groups in total. The van der Waals surface area contributed by atoms with Crippen molar-refractivity contribution in [2.45, 2.75) is 39.2 Å². The minimum absolute atomic E-state index is 0.101. The molecular weight excluding hydrogens is 420 g/mol. The topological polar surface area (TPSA) is 104 Å². The third-order valence-corrected chi connectivity index (χ3v) is 5.10.